The van der Waals surface area contributed by atoms with Gasteiger partial charge in [0.05, 0.1) is 0 Å². The average molecular weight is 253 g/mol. The van der Waals surface area contributed by atoms with Gasteiger partial charge in [-0.3, -0.25) is 0 Å². The summed E-state index contributed by atoms with van der Waals surface area (Å²) in [6.45, 7) is 2.78. The molecule has 0 saturated heterocycles. The number of hydrogen-bond acceptors (Lipinski definition) is 2. The summed E-state index contributed by atoms with van der Waals surface area (Å²) in [6.07, 6.45) is 2.14. The van der Waals surface area contributed by atoms with Crippen LogP contribution in [0.1, 0.15) is 17.5 Å². The van der Waals surface area contributed by atoms with Crippen LogP contribution in [0.2, 0.25) is 0 Å². The molecule has 0 aliphatic carbocycles. The van der Waals surface area contributed by atoms with Crippen LogP contribution in [-0.4, -0.2) is 12.6 Å². The molecule has 1 atom stereocenters. The number of hydrogen-bond donors (Lipinski definition) is 1. The van der Waals surface area contributed by atoms with E-state index in [1.807, 2.05) is 0 Å². The summed E-state index contributed by atoms with van der Waals surface area (Å²) in [4.78, 5) is 0. The number of rotatable bonds is 3. The molecule has 98 valence electrons. The van der Waals surface area contributed by atoms with Crippen molar-refractivity contribution in [3.05, 3.63) is 53.6 Å². The Balaban J connectivity index is 1.97. The van der Waals surface area contributed by atoms with Gasteiger partial charge in [-0.2, -0.15) is 0 Å². The van der Waals surface area contributed by atoms with Gasteiger partial charge in [-0.1, -0.05) is 48.0 Å². The number of fused-ring (bicyclic) bond motifs is 1. The first-order valence-corrected chi connectivity index (χ1v) is 6.83. The monoisotopic (exact) mass is 253 g/mol. The second-order valence-electron chi connectivity index (χ2n) is 5.18. The van der Waals surface area contributed by atoms with E-state index in [1.54, 1.807) is 0 Å². The summed E-state index contributed by atoms with van der Waals surface area (Å²) in [6, 6.07) is 15.0. The molecule has 0 saturated carbocycles. The van der Waals surface area contributed by atoms with Gasteiger partial charge in [0.1, 0.15) is 11.9 Å². The fourth-order valence-electron chi connectivity index (χ4n) is 2.65. The highest BCUT2D eigenvalue weighted by Gasteiger charge is 2.24. The van der Waals surface area contributed by atoms with Crippen molar-refractivity contribution in [1.29, 1.82) is 0 Å². The first-order valence-electron chi connectivity index (χ1n) is 6.83. The van der Waals surface area contributed by atoms with Crippen molar-refractivity contribution < 1.29 is 4.74 Å². The van der Waals surface area contributed by atoms with Gasteiger partial charge >= 0.3 is 0 Å². The van der Waals surface area contributed by atoms with Crippen molar-refractivity contribution in [3.63, 3.8) is 0 Å². The molecule has 2 nitrogen and oxygen atoms in total. The van der Waals surface area contributed by atoms with E-state index < -0.39 is 0 Å². The summed E-state index contributed by atoms with van der Waals surface area (Å²) in [5, 5.41) is 0. The largest absolute Gasteiger partial charge is 0.489 e. The van der Waals surface area contributed by atoms with E-state index in [4.69, 9.17) is 10.5 Å². The Bertz CT molecular complexity index is 574. The Morgan fingerprint density at radius 2 is 1.95 bits per heavy atom. The zero-order valence-electron chi connectivity index (χ0n) is 11.2. The molecule has 2 aromatic carbocycles. The lowest BCUT2D eigenvalue weighted by atomic mass is 9.99. The second-order valence-corrected chi connectivity index (χ2v) is 5.18. The van der Waals surface area contributed by atoms with E-state index in [-0.39, 0.29) is 6.10 Å². The van der Waals surface area contributed by atoms with E-state index >= 15 is 0 Å². The number of benzene rings is 2. The van der Waals surface area contributed by atoms with E-state index in [0.29, 0.717) is 6.54 Å². The summed E-state index contributed by atoms with van der Waals surface area (Å²) in [5.74, 6) is 1.05. The van der Waals surface area contributed by atoms with Crippen LogP contribution in [0.25, 0.3) is 11.1 Å². The Morgan fingerprint density at radius 1 is 1.16 bits per heavy atom. The first-order chi connectivity index (χ1) is 9.28. The Labute approximate surface area is 114 Å². The maximum Gasteiger partial charge on any atom is 0.130 e. The molecule has 1 aliphatic rings. The van der Waals surface area contributed by atoms with E-state index in [2.05, 4.69) is 49.4 Å². The van der Waals surface area contributed by atoms with Gasteiger partial charge in [0, 0.05) is 12.0 Å². The molecule has 0 bridgehead atoms. The lowest BCUT2D eigenvalue weighted by Gasteiger charge is -2.11. The zero-order chi connectivity index (χ0) is 13.2. The molecular weight excluding hydrogens is 234 g/mol. The molecule has 0 fully saturated rings. The Kier molecular flexibility index (Phi) is 3.26. The maximum absolute atomic E-state index is 6.08. The number of aryl methyl sites for hydroxylation is 1. The third-order valence-electron chi connectivity index (χ3n) is 3.68. The van der Waals surface area contributed by atoms with E-state index in [9.17, 15) is 0 Å². The number of para-hydroxylation sites is 1. The van der Waals surface area contributed by atoms with Crippen LogP contribution in [-0.2, 0) is 6.42 Å². The SMILES string of the molecule is Cc1ccc(-c2cccc3c2O[C@H](CCN)C3)cc1. The second kappa shape index (κ2) is 5.06. The highest BCUT2D eigenvalue weighted by Crippen LogP contribution is 2.39. The molecule has 2 heteroatoms. The van der Waals surface area contributed by atoms with Gasteiger partial charge in [0.15, 0.2) is 0 Å². The quantitative estimate of drug-likeness (QED) is 0.910. The van der Waals surface area contributed by atoms with Gasteiger partial charge in [-0.05, 0) is 31.0 Å². The lowest BCUT2D eigenvalue weighted by Crippen LogP contribution is -2.17. The van der Waals surface area contributed by atoms with Crippen LogP contribution < -0.4 is 10.5 Å². The third-order valence-corrected chi connectivity index (χ3v) is 3.68. The maximum atomic E-state index is 6.08. The molecule has 3 rings (SSSR count). The normalized spacial score (nSPS) is 17.1. The van der Waals surface area contributed by atoms with Crippen LogP contribution in [0.3, 0.4) is 0 Å². The summed E-state index contributed by atoms with van der Waals surface area (Å²) >= 11 is 0. The fourth-order valence-corrected chi connectivity index (χ4v) is 2.65. The van der Waals surface area contributed by atoms with E-state index in [1.165, 1.54) is 22.3 Å². The highest BCUT2D eigenvalue weighted by molar-refractivity contribution is 5.73. The van der Waals surface area contributed by atoms with Gasteiger partial charge in [0.2, 0.25) is 0 Å². The lowest BCUT2D eigenvalue weighted by molar-refractivity contribution is 0.225. The molecule has 0 unspecified atom stereocenters. The Morgan fingerprint density at radius 3 is 2.68 bits per heavy atom. The molecule has 2 N–H and O–H groups in total. The predicted octanol–water partition coefficient (Wildman–Crippen LogP) is 3.31. The number of ether oxygens (including phenoxy) is 1. The minimum atomic E-state index is 0.242. The smallest absolute Gasteiger partial charge is 0.130 e. The highest BCUT2D eigenvalue weighted by atomic mass is 16.5. The van der Waals surface area contributed by atoms with Crippen molar-refractivity contribution in [2.45, 2.75) is 25.9 Å². The molecular formula is C17H19NO. The average Bonchev–Trinajstić information content (AvgIpc) is 2.82. The van der Waals surface area contributed by atoms with Gasteiger partial charge in [-0.15, -0.1) is 0 Å². The fraction of sp³-hybridized carbons (Fsp3) is 0.294. The van der Waals surface area contributed by atoms with Crippen molar-refractivity contribution in [2.24, 2.45) is 5.73 Å². The van der Waals surface area contributed by atoms with Crippen LogP contribution in [0.4, 0.5) is 0 Å². The van der Waals surface area contributed by atoms with Crippen molar-refractivity contribution >= 4 is 0 Å². The topological polar surface area (TPSA) is 35.2 Å². The van der Waals surface area contributed by atoms with Crippen LogP contribution >= 0.6 is 0 Å². The zero-order valence-corrected chi connectivity index (χ0v) is 11.2. The molecule has 0 amide bonds. The first kappa shape index (κ1) is 12.2. The standard InChI is InChI=1S/C17H19NO/c1-12-5-7-13(8-6-12)16-4-2-3-14-11-15(9-10-18)19-17(14)16/h2-8,15H,9-11,18H2,1H3/t15-/m1/s1. The molecule has 19 heavy (non-hydrogen) atoms. The van der Waals surface area contributed by atoms with Crippen molar-refractivity contribution in [1.82, 2.24) is 0 Å². The minimum Gasteiger partial charge on any atom is -0.489 e. The minimum absolute atomic E-state index is 0.242. The molecule has 1 aliphatic heterocycles. The third kappa shape index (κ3) is 2.36. The van der Waals surface area contributed by atoms with Crippen LogP contribution in [0.5, 0.6) is 5.75 Å². The molecule has 0 spiro atoms. The summed E-state index contributed by atoms with van der Waals surface area (Å²) < 4.78 is 6.08. The van der Waals surface area contributed by atoms with Gasteiger partial charge < -0.3 is 10.5 Å². The van der Waals surface area contributed by atoms with Crippen molar-refractivity contribution in [3.8, 4) is 16.9 Å². The van der Waals surface area contributed by atoms with Gasteiger partial charge in [-0.25, -0.2) is 0 Å². The number of nitrogens with two attached hydrogens (primary N) is 1. The molecule has 1 heterocycles. The van der Waals surface area contributed by atoms with Crippen LogP contribution in [0, 0.1) is 6.92 Å². The van der Waals surface area contributed by atoms with Gasteiger partial charge in [0.25, 0.3) is 0 Å². The predicted molar refractivity (Wildman–Crippen MR) is 78.4 cm³/mol. The summed E-state index contributed by atoms with van der Waals surface area (Å²) in [7, 11) is 0. The van der Waals surface area contributed by atoms with Crippen LogP contribution in [0.15, 0.2) is 42.5 Å². The Hall–Kier alpha value is -1.80. The van der Waals surface area contributed by atoms with E-state index in [0.717, 1.165) is 18.6 Å². The molecule has 0 radical (unpaired) electrons. The molecule has 0 aromatic heterocycles. The summed E-state index contributed by atoms with van der Waals surface area (Å²) in [5.41, 5.74) is 10.6. The molecule has 2 aromatic rings. The van der Waals surface area contributed by atoms with Crippen molar-refractivity contribution in [2.75, 3.05) is 6.54 Å².